The number of amides is 3. The van der Waals surface area contributed by atoms with Crippen LogP contribution in [0.5, 0.6) is 5.75 Å². The summed E-state index contributed by atoms with van der Waals surface area (Å²) >= 11 is 0. The predicted molar refractivity (Wildman–Crippen MR) is 130 cm³/mol. The first kappa shape index (κ1) is 27.8. The first-order valence-electron chi connectivity index (χ1n) is 11.5. The summed E-state index contributed by atoms with van der Waals surface area (Å²) in [6.45, 7) is 0.942. The van der Waals surface area contributed by atoms with Crippen molar-refractivity contribution in [1.82, 2.24) is 9.78 Å². The fourth-order valence-corrected chi connectivity index (χ4v) is 4.99. The molecule has 0 radical (unpaired) electrons. The van der Waals surface area contributed by atoms with E-state index in [1.165, 1.54) is 28.9 Å². The molecule has 5 rings (SSSR count). The van der Waals surface area contributed by atoms with Gasteiger partial charge in [0.1, 0.15) is 11.4 Å². The Kier molecular flexibility index (Phi) is 7.95. The standard InChI is InChI=1S/C24H23N5O7S.Na/c25-23(31)21-19-12-14-28(16-6-4-15(5-7-16)27-13-2-1-3-20(27)30)24(32)22(19)29(26-21)17-8-10-18(11-9-17)36-37(33,34)35;/h4-11H,1-3,12-14H2,(H2,25,31)(H,33,34,35);/q;+1/p-1. The number of carbonyl (C=O) groups is 3. The Labute approximate surface area is 240 Å². The van der Waals surface area contributed by atoms with E-state index < -0.39 is 22.2 Å². The van der Waals surface area contributed by atoms with Crippen molar-refractivity contribution in [3.8, 4) is 11.4 Å². The molecule has 38 heavy (non-hydrogen) atoms. The van der Waals surface area contributed by atoms with E-state index in [1.54, 1.807) is 34.1 Å². The summed E-state index contributed by atoms with van der Waals surface area (Å²) in [7, 11) is -4.95. The van der Waals surface area contributed by atoms with Gasteiger partial charge in [-0.25, -0.2) is 13.1 Å². The molecule has 1 saturated heterocycles. The number of nitrogens with zero attached hydrogens (tertiary/aromatic N) is 4. The molecule has 0 saturated carbocycles. The topological polar surface area (TPSA) is 168 Å². The molecular formula is C24H22N5NaO7S. The van der Waals surface area contributed by atoms with Crippen molar-refractivity contribution < 1.29 is 61.1 Å². The zero-order valence-electron chi connectivity index (χ0n) is 20.5. The fraction of sp³-hybridized carbons (Fsp3) is 0.250. The van der Waals surface area contributed by atoms with E-state index in [9.17, 15) is 27.4 Å². The van der Waals surface area contributed by atoms with Crippen molar-refractivity contribution in [2.24, 2.45) is 5.73 Å². The second-order valence-electron chi connectivity index (χ2n) is 8.66. The molecule has 14 heteroatoms. The van der Waals surface area contributed by atoms with E-state index >= 15 is 0 Å². The van der Waals surface area contributed by atoms with Crippen LogP contribution in [0, 0.1) is 0 Å². The van der Waals surface area contributed by atoms with Crippen LogP contribution in [0.4, 0.5) is 11.4 Å². The van der Waals surface area contributed by atoms with Gasteiger partial charge in [-0.15, -0.1) is 0 Å². The molecule has 3 amide bonds. The Morgan fingerprint density at radius 1 is 0.895 bits per heavy atom. The molecule has 1 aromatic heterocycles. The van der Waals surface area contributed by atoms with Crippen LogP contribution in [-0.2, 0) is 21.6 Å². The molecule has 0 unspecified atom stereocenters. The van der Waals surface area contributed by atoms with Crippen LogP contribution in [0.3, 0.4) is 0 Å². The molecule has 12 nitrogen and oxygen atoms in total. The van der Waals surface area contributed by atoms with Crippen molar-refractivity contribution in [2.45, 2.75) is 25.7 Å². The normalized spacial score (nSPS) is 15.6. The van der Waals surface area contributed by atoms with Crippen molar-refractivity contribution in [3.63, 3.8) is 0 Å². The second-order valence-corrected chi connectivity index (χ2v) is 9.65. The van der Waals surface area contributed by atoms with Crippen LogP contribution < -0.4 is 49.3 Å². The third-order valence-electron chi connectivity index (χ3n) is 6.33. The van der Waals surface area contributed by atoms with E-state index in [2.05, 4.69) is 9.28 Å². The summed E-state index contributed by atoms with van der Waals surface area (Å²) in [6, 6.07) is 12.4. The summed E-state index contributed by atoms with van der Waals surface area (Å²) < 4.78 is 38.1. The SMILES string of the molecule is NC(=O)c1nn(-c2ccc(OS(=O)(=O)[O-])cc2)c2c1CCN(c1ccc(N3CCCCC3=O)cc1)C2=O.[Na+]. The minimum atomic E-state index is -4.95. The first-order chi connectivity index (χ1) is 17.6. The third kappa shape index (κ3) is 5.47. The Morgan fingerprint density at radius 3 is 2.08 bits per heavy atom. The maximum absolute atomic E-state index is 13.6. The average Bonchev–Trinajstić information content (AvgIpc) is 3.25. The van der Waals surface area contributed by atoms with E-state index in [-0.39, 0.29) is 59.1 Å². The van der Waals surface area contributed by atoms with E-state index in [4.69, 9.17) is 5.73 Å². The molecule has 2 N–H and O–H groups in total. The van der Waals surface area contributed by atoms with Gasteiger partial charge in [0, 0.05) is 36.4 Å². The molecule has 0 atom stereocenters. The Bertz CT molecular complexity index is 1500. The number of aromatic nitrogens is 2. The molecule has 1 fully saturated rings. The van der Waals surface area contributed by atoms with E-state index in [1.807, 2.05) is 0 Å². The summed E-state index contributed by atoms with van der Waals surface area (Å²) in [5.74, 6) is -1.34. The zero-order chi connectivity index (χ0) is 26.3. The molecular weight excluding hydrogens is 525 g/mol. The number of hydrogen-bond acceptors (Lipinski definition) is 8. The molecule has 2 aliphatic heterocycles. The number of anilines is 2. The van der Waals surface area contributed by atoms with E-state index in [0.29, 0.717) is 36.3 Å². The van der Waals surface area contributed by atoms with Crippen LogP contribution >= 0.6 is 0 Å². The summed E-state index contributed by atoms with van der Waals surface area (Å²) in [5.41, 5.74) is 7.74. The third-order valence-corrected chi connectivity index (χ3v) is 6.72. The number of primary amides is 1. The van der Waals surface area contributed by atoms with Crippen molar-refractivity contribution in [1.29, 1.82) is 0 Å². The quantitative estimate of drug-likeness (QED) is 0.222. The van der Waals surface area contributed by atoms with Crippen LogP contribution in [-0.4, -0.2) is 53.6 Å². The largest absolute Gasteiger partial charge is 1.00 e. The molecule has 0 spiro atoms. The Balaban J connectivity index is 0.00000336. The molecule has 3 heterocycles. The van der Waals surface area contributed by atoms with Gasteiger partial charge in [0.25, 0.3) is 22.2 Å². The van der Waals surface area contributed by atoms with Crippen molar-refractivity contribution >= 4 is 39.5 Å². The molecule has 0 aliphatic carbocycles. The van der Waals surface area contributed by atoms with Crippen molar-refractivity contribution in [2.75, 3.05) is 22.9 Å². The minimum absolute atomic E-state index is 0. The second kappa shape index (κ2) is 10.9. The number of fused-ring (bicyclic) bond motifs is 1. The number of benzene rings is 2. The van der Waals surface area contributed by atoms with Gasteiger partial charge >= 0.3 is 29.6 Å². The predicted octanol–water partition coefficient (Wildman–Crippen LogP) is -1.47. The van der Waals surface area contributed by atoms with Gasteiger partial charge < -0.3 is 24.3 Å². The van der Waals surface area contributed by atoms with Gasteiger partial charge in [0.05, 0.1) is 5.69 Å². The van der Waals surface area contributed by atoms with Crippen LogP contribution in [0.15, 0.2) is 48.5 Å². The molecule has 192 valence electrons. The van der Waals surface area contributed by atoms with Crippen LogP contribution in [0.2, 0.25) is 0 Å². The Hall–Kier alpha value is -3.23. The van der Waals surface area contributed by atoms with Gasteiger partial charge in [-0.05, 0) is 67.8 Å². The molecule has 2 aromatic carbocycles. The molecule has 0 bridgehead atoms. The number of carbonyl (C=O) groups excluding carboxylic acids is 3. The van der Waals surface area contributed by atoms with Gasteiger partial charge in [0.15, 0.2) is 5.69 Å². The van der Waals surface area contributed by atoms with Gasteiger partial charge in [-0.3, -0.25) is 14.4 Å². The Morgan fingerprint density at radius 2 is 1.50 bits per heavy atom. The van der Waals surface area contributed by atoms with Gasteiger partial charge in [-0.2, -0.15) is 5.10 Å². The number of rotatable bonds is 6. The van der Waals surface area contributed by atoms with Crippen LogP contribution in [0.25, 0.3) is 5.69 Å². The maximum atomic E-state index is 13.6. The zero-order valence-corrected chi connectivity index (χ0v) is 23.3. The number of piperidine rings is 1. The fourth-order valence-electron chi connectivity index (χ4n) is 4.64. The molecule has 2 aliphatic rings. The summed E-state index contributed by atoms with van der Waals surface area (Å²) in [4.78, 5) is 41.3. The van der Waals surface area contributed by atoms with E-state index in [0.717, 1.165) is 18.5 Å². The number of nitrogens with two attached hydrogens (primary N) is 1. The smallest absolute Gasteiger partial charge is 0.716 e. The van der Waals surface area contributed by atoms with Crippen molar-refractivity contribution in [3.05, 3.63) is 65.5 Å². The van der Waals surface area contributed by atoms with Gasteiger partial charge in [-0.1, -0.05) is 0 Å². The average molecular weight is 548 g/mol. The van der Waals surface area contributed by atoms with Gasteiger partial charge in [0.2, 0.25) is 5.91 Å². The minimum Gasteiger partial charge on any atom is -0.716 e. The summed E-state index contributed by atoms with van der Waals surface area (Å²) in [5, 5.41) is 4.26. The first-order valence-corrected chi connectivity index (χ1v) is 12.9. The monoisotopic (exact) mass is 547 g/mol. The molecule has 3 aromatic rings. The van der Waals surface area contributed by atoms with Crippen LogP contribution in [0.1, 0.15) is 45.8 Å². The maximum Gasteiger partial charge on any atom is 1.00 e. The summed E-state index contributed by atoms with van der Waals surface area (Å²) in [6.07, 6.45) is 2.65. The number of hydrogen-bond donors (Lipinski definition) is 1.